The van der Waals surface area contributed by atoms with E-state index in [1.54, 1.807) is 0 Å². The Balaban J connectivity index is 3.24. The molecule has 3 nitrogen and oxygen atoms in total. The lowest BCUT2D eigenvalue weighted by molar-refractivity contribution is 0.0776. The van der Waals surface area contributed by atoms with Crippen molar-refractivity contribution in [3.05, 3.63) is 35.9 Å². The minimum Gasteiger partial charge on any atom is -0.743 e. The first-order chi connectivity index (χ1) is 5.86. The normalized spacial score (nSPS) is 12.8. The lowest BCUT2D eigenvalue weighted by atomic mass is 10.2. The van der Waals surface area contributed by atoms with Crippen molar-refractivity contribution in [2.75, 3.05) is 0 Å². The molecule has 0 aliphatic heterocycles. The number of alkyl halides is 2. The van der Waals surface area contributed by atoms with Crippen LogP contribution >= 0.6 is 0 Å². The summed E-state index contributed by atoms with van der Waals surface area (Å²) in [5.74, 6) is 0. The Morgan fingerprint density at radius 3 is 2.00 bits per heavy atom. The van der Waals surface area contributed by atoms with Crippen molar-refractivity contribution in [2.24, 2.45) is 0 Å². The van der Waals surface area contributed by atoms with Gasteiger partial charge in [-0.05, 0) is 0 Å². The van der Waals surface area contributed by atoms with Gasteiger partial charge in [-0.3, -0.25) is 0 Å². The Bertz CT molecular complexity index is 385. The molecule has 6 heteroatoms. The van der Waals surface area contributed by atoms with Crippen molar-refractivity contribution < 1.29 is 21.8 Å². The van der Waals surface area contributed by atoms with Crippen LogP contribution < -0.4 is 0 Å². The van der Waals surface area contributed by atoms with Gasteiger partial charge in [0.2, 0.25) is 0 Å². The SMILES string of the molecule is O=S(=O)([O-])C(F)(F)c1ccccc1. The molecule has 0 N–H and O–H groups in total. The quantitative estimate of drug-likeness (QED) is 0.686. The molecule has 0 aliphatic carbocycles. The van der Waals surface area contributed by atoms with E-state index >= 15 is 0 Å². The Labute approximate surface area is 73.8 Å². The standard InChI is InChI=1S/C7H6F2O3S/c8-7(9,13(10,11)12)6-4-2-1-3-5-6/h1-5H,(H,10,11,12)/p-1. The second kappa shape index (κ2) is 3.04. The van der Waals surface area contributed by atoms with Crippen LogP contribution in [-0.4, -0.2) is 13.0 Å². The molecule has 0 amide bonds. The summed E-state index contributed by atoms with van der Waals surface area (Å²) in [6.45, 7) is 0. The number of benzene rings is 1. The molecule has 13 heavy (non-hydrogen) atoms. The van der Waals surface area contributed by atoms with Gasteiger partial charge in [-0.25, -0.2) is 8.42 Å². The Morgan fingerprint density at radius 2 is 1.62 bits per heavy atom. The summed E-state index contributed by atoms with van der Waals surface area (Å²) in [5.41, 5.74) is -0.815. The molecule has 0 atom stereocenters. The van der Waals surface area contributed by atoms with Crippen LogP contribution in [0.3, 0.4) is 0 Å². The molecule has 0 heterocycles. The van der Waals surface area contributed by atoms with Gasteiger partial charge in [0.15, 0.2) is 10.1 Å². The van der Waals surface area contributed by atoms with E-state index < -0.39 is 20.9 Å². The van der Waals surface area contributed by atoms with Crippen molar-refractivity contribution >= 4 is 10.1 Å². The molecule has 0 bridgehead atoms. The van der Waals surface area contributed by atoms with Gasteiger partial charge in [0, 0.05) is 5.56 Å². The van der Waals surface area contributed by atoms with Gasteiger partial charge >= 0.3 is 5.25 Å². The molecule has 0 aromatic heterocycles. The molecule has 0 fully saturated rings. The van der Waals surface area contributed by atoms with Crippen LogP contribution in [0.4, 0.5) is 8.78 Å². The summed E-state index contributed by atoms with van der Waals surface area (Å²) >= 11 is 0. The average molecular weight is 207 g/mol. The van der Waals surface area contributed by atoms with Gasteiger partial charge in [-0.1, -0.05) is 30.3 Å². The first kappa shape index (κ1) is 10.1. The summed E-state index contributed by atoms with van der Waals surface area (Å²) in [5, 5.41) is -4.35. The summed E-state index contributed by atoms with van der Waals surface area (Å²) in [4.78, 5) is 0. The lowest BCUT2D eigenvalue weighted by Crippen LogP contribution is -2.25. The molecule has 0 aliphatic rings. The Kier molecular flexibility index (Phi) is 2.36. The van der Waals surface area contributed by atoms with E-state index in [9.17, 15) is 21.8 Å². The molecule has 0 saturated carbocycles. The van der Waals surface area contributed by atoms with Gasteiger partial charge in [0.25, 0.3) is 0 Å². The van der Waals surface area contributed by atoms with Crippen LogP contribution in [0.1, 0.15) is 5.56 Å². The Morgan fingerprint density at radius 1 is 1.15 bits per heavy atom. The zero-order valence-electron chi connectivity index (χ0n) is 6.28. The van der Waals surface area contributed by atoms with E-state index in [1.165, 1.54) is 18.2 Å². The summed E-state index contributed by atoms with van der Waals surface area (Å²) in [6.07, 6.45) is 0. The van der Waals surface area contributed by atoms with Crippen LogP contribution in [0.25, 0.3) is 0 Å². The minimum atomic E-state index is -5.64. The van der Waals surface area contributed by atoms with Crippen molar-refractivity contribution in [2.45, 2.75) is 5.25 Å². The highest BCUT2D eigenvalue weighted by atomic mass is 32.2. The highest BCUT2D eigenvalue weighted by molar-refractivity contribution is 7.86. The molecule has 1 rings (SSSR count). The monoisotopic (exact) mass is 207 g/mol. The minimum absolute atomic E-state index is 0.815. The maximum absolute atomic E-state index is 12.8. The van der Waals surface area contributed by atoms with Crippen molar-refractivity contribution in [1.29, 1.82) is 0 Å². The van der Waals surface area contributed by atoms with Crippen molar-refractivity contribution in [3.63, 3.8) is 0 Å². The molecule has 0 spiro atoms. The van der Waals surface area contributed by atoms with Crippen LogP contribution in [0.2, 0.25) is 0 Å². The topological polar surface area (TPSA) is 57.2 Å². The van der Waals surface area contributed by atoms with E-state index in [1.807, 2.05) is 0 Å². The van der Waals surface area contributed by atoms with Crippen LogP contribution in [0.15, 0.2) is 30.3 Å². The maximum atomic E-state index is 12.8. The van der Waals surface area contributed by atoms with E-state index in [-0.39, 0.29) is 0 Å². The maximum Gasteiger partial charge on any atom is 0.359 e. The zero-order chi connectivity index (χ0) is 10.1. The fourth-order valence-corrected chi connectivity index (χ4v) is 1.20. The van der Waals surface area contributed by atoms with Gasteiger partial charge in [0.05, 0.1) is 0 Å². The van der Waals surface area contributed by atoms with Gasteiger partial charge < -0.3 is 4.55 Å². The van der Waals surface area contributed by atoms with Crippen molar-refractivity contribution in [3.8, 4) is 0 Å². The third-order valence-electron chi connectivity index (χ3n) is 1.42. The molecule has 72 valence electrons. The first-order valence-corrected chi connectivity index (χ1v) is 4.65. The number of hydrogen-bond donors (Lipinski definition) is 0. The molecule has 0 unspecified atom stereocenters. The predicted molar refractivity (Wildman–Crippen MR) is 40.0 cm³/mol. The fourth-order valence-electron chi connectivity index (χ4n) is 0.777. The second-order valence-corrected chi connectivity index (χ2v) is 3.76. The predicted octanol–water partition coefficient (Wildman–Crippen LogP) is 1.28. The molecule has 1 aromatic carbocycles. The van der Waals surface area contributed by atoms with Crippen LogP contribution in [0.5, 0.6) is 0 Å². The van der Waals surface area contributed by atoms with E-state index in [2.05, 4.69) is 0 Å². The molecule has 0 saturated heterocycles. The first-order valence-electron chi connectivity index (χ1n) is 3.24. The van der Waals surface area contributed by atoms with Crippen molar-refractivity contribution in [1.82, 2.24) is 0 Å². The Hall–Kier alpha value is -1.01. The van der Waals surface area contributed by atoms with Gasteiger partial charge in [-0.15, -0.1) is 0 Å². The highest BCUT2D eigenvalue weighted by Gasteiger charge is 2.39. The summed E-state index contributed by atoms with van der Waals surface area (Å²) < 4.78 is 56.0. The lowest BCUT2D eigenvalue weighted by Gasteiger charge is -2.19. The number of halogens is 2. The van der Waals surface area contributed by atoms with Crippen LogP contribution in [-0.2, 0) is 15.4 Å². The molecular weight excluding hydrogens is 202 g/mol. The van der Waals surface area contributed by atoms with E-state index in [0.29, 0.717) is 0 Å². The molecule has 1 aromatic rings. The third kappa shape index (κ3) is 1.84. The smallest absolute Gasteiger partial charge is 0.359 e. The van der Waals surface area contributed by atoms with E-state index in [0.717, 1.165) is 12.1 Å². The van der Waals surface area contributed by atoms with E-state index in [4.69, 9.17) is 0 Å². The summed E-state index contributed by atoms with van der Waals surface area (Å²) in [7, 11) is -5.64. The summed E-state index contributed by atoms with van der Waals surface area (Å²) in [6, 6.07) is 5.67. The number of hydrogen-bond acceptors (Lipinski definition) is 3. The zero-order valence-corrected chi connectivity index (χ0v) is 7.09. The fraction of sp³-hybridized carbons (Fsp3) is 0.143. The van der Waals surface area contributed by atoms with Gasteiger partial charge in [0.1, 0.15) is 0 Å². The molecular formula is C7H5F2O3S-. The highest BCUT2D eigenvalue weighted by Crippen LogP contribution is 2.32. The third-order valence-corrected chi connectivity index (χ3v) is 2.29. The second-order valence-electron chi connectivity index (χ2n) is 2.34. The largest absolute Gasteiger partial charge is 0.743 e. The molecule has 0 radical (unpaired) electrons. The van der Waals surface area contributed by atoms with Gasteiger partial charge in [-0.2, -0.15) is 8.78 Å². The average Bonchev–Trinajstić information content (AvgIpc) is 2.04. The number of rotatable bonds is 2. The van der Waals surface area contributed by atoms with Crippen LogP contribution in [0, 0.1) is 0 Å².